The van der Waals surface area contributed by atoms with Crippen molar-refractivity contribution in [2.75, 3.05) is 13.1 Å². The Hall–Kier alpha value is -2.37. The van der Waals surface area contributed by atoms with E-state index in [9.17, 15) is 14.4 Å². The number of ketones is 1. The molecule has 1 atom stereocenters. The van der Waals surface area contributed by atoms with Crippen molar-refractivity contribution < 1.29 is 24.2 Å². The highest BCUT2D eigenvalue weighted by atomic mass is 16.6. The molecule has 0 aliphatic carbocycles. The van der Waals surface area contributed by atoms with Crippen LogP contribution in [0.4, 0.5) is 4.79 Å². The number of benzene rings is 1. The molecule has 1 amide bonds. The lowest BCUT2D eigenvalue weighted by Crippen LogP contribution is -2.39. The second-order valence-electron chi connectivity index (χ2n) is 4.95. The van der Waals surface area contributed by atoms with Crippen LogP contribution in [0, 0.1) is 5.92 Å². The first-order valence-corrected chi connectivity index (χ1v) is 6.79. The van der Waals surface area contributed by atoms with Crippen molar-refractivity contribution in [3.63, 3.8) is 0 Å². The van der Waals surface area contributed by atoms with Crippen molar-refractivity contribution in [3.8, 4) is 0 Å². The lowest BCUT2D eigenvalue weighted by Gasteiger charge is -2.21. The second-order valence-corrected chi connectivity index (χ2v) is 4.95. The second kappa shape index (κ2) is 6.88. The summed E-state index contributed by atoms with van der Waals surface area (Å²) < 4.78 is 5.17. The molecule has 0 spiro atoms. The Morgan fingerprint density at radius 2 is 2.00 bits per heavy atom. The largest absolute Gasteiger partial charge is 0.481 e. The van der Waals surface area contributed by atoms with Gasteiger partial charge in [0.15, 0.2) is 0 Å². The number of Topliss-reactive ketones (excluding diaryl/α,β-unsaturated/α-hetero) is 1. The summed E-state index contributed by atoms with van der Waals surface area (Å²) in [5, 5.41) is 9.04. The Balaban J connectivity index is 1.94. The molecule has 1 fully saturated rings. The van der Waals surface area contributed by atoms with Gasteiger partial charge in [-0.05, 0) is 12.0 Å². The molecule has 1 aromatic rings. The minimum atomic E-state index is -1.19. The summed E-state index contributed by atoms with van der Waals surface area (Å²) in [6, 6.07) is 9.21. The average Bonchev–Trinajstić information content (AvgIpc) is 2.68. The number of carbonyl (C=O) groups excluding carboxylic acids is 2. The Labute approximate surface area is 122 Å². The third-order valence-electron chi connectivity index (χ3n) is 3.40. The summed E-state index contributed by atoms with van der Waals surface area (Å²) in [4.78, 5) is 36.0. The molecular formula is C15H17NO5. The van der Waals surface area contributed by atoms with E-state index in [0.29, 0.717) is 13.0 Å². The van der Waals surface area contributed by atoms with Crippen molar-refractivity contribution >= 4 is 17.8 Å². The Morgan fingerprint density at radius 1 is 1.29 bits per heavy atom. The molecule has 6 heteroatoms. The van der Waals surface area contributed by atoms with Gasteiger partial charge in [0.05, 0.1) is 0 Å². The highest BCUT2D eigenvalue weighted by Crippen LogP contribution is 2.15. The van der Waals surface area contributed by atoms with E-state index in [1.807, 2.05) is 30.3 Å². The molecule has 1 unspecified atom stereocenters. The predicted molar refractivity (Wildman–Crippen MR) is 73.6 cm³/mol. The Bertz CT molecular complexity index is 528. The summed E-state index contributed by atoms with van der Waals surface area (Å²) in [7, 11) is 0. The highest BCUT2D eigenvalue weighted by molar-refractivity contribution is 5.99. The number of amides is 1. The van der Waals surface area contributed by atoms with Gasteiger partial charge in [-0.3, -0.25) is 9.59 Å². The van der Waals surface area contributed by atoms with Crippen molar-refractivity contribution in [2.24, 2.45) is 5.92 Å². The molecule has 2 rings (SSSR count). The fourth-order valence-electron chi connectivity index (χ4n) is 2.22. The molecule has 1 aliphatic rings. The Morgan fingerprint density at radius 3 is 2.67 bits per heavy atom. The molecule has 1 saturated heterocycles. The molecule has 6 nitrogen and oxygen atoms in total. The summed E-state index contributed by atoms with van der Waals surface area (Å²) in [6.07, 6.45) is 0.0578. The van der Waals surface area contributed by atoms with E-state index in [1.165, 1.54) is 4.90 Å². The summed E-state index contributed by atoms with van der Waals surface area (Å²) >= 11 is 0. The van der Waals surface area contributed by atoms with Crippen LogP contribution in [0.1, 0.15) is 18.4 Å². The van der Waals surface area contributed by atoms with Crippen LogP contribution in [0.5, 0.6) is 0 Å². The van der Waals surface area contributed by atoms with E-state index < -0.39 is 18.0 Å². The van der Waals surface area contributed by atoms with Crippen LogP contribution >= 0.6 is 0 Å². The maximum atomic E-state index is 12.0. The average molecular weight is 291 g/mol. The SMILES string of the molecule is O=C(O)C1CN(C(=O)OCc2ccccc2)CCCC1=O. The van der Waals surface area contributed by atoms with E-state index in [0.717, 1.165) is 5.56 Å². The monoisotopic (exact) mass is 291 g/mol. The van der Waals surface area contributed by atoms with E-state index >= 15 is 0 Å². The van der Waals surface area contributed by atoms with E-state index in [4.69, 9.17) is 9.84 Å². The molecule has 0 radical (unpaired) electrons. The van der Waals surface area contributed by atoms with E-state index in [2.05, 4.69) is 0 Å². The minimum Gasteiger partial charge on any atom is -0.481 e. The number of carboxylic acid groups (broad SMARTS) is 1. The molecule has 1 heterocycles. The molecule has 1 aliphatic heterocycles. The van der Waals surface area contributed by atoms with Crippen molar-refractivity contribution in [3.05, 3.63) is 35.9 Å². The lowest BCUT2D eigenvalue weighted by molar-refractivity contribution is -0.146. The topological polar surface area (TPSA) is 83.9 Å². The van der Waals surface area contributed by atoms with Gasteiger partial charge in [0.2, 0.25) is 0 Å². The highest BCUT2D eigenvalue weighted by Gasteiger charge is 2.33. The van der Waals surface area contributed by atoms with Gasteiger partial charge in [-0.1, -0.05) is 30.3 Å². The number of nitrogens with zero attached hydrogens (tertiary/aromatic N) is 1. The van der Waals surface area contributed by atoms with Crippen LogP contribution in [-0.2, 0) is 20.9 Å². The molecule has 1 N–H and O–H groups in total. The van der Waals surface area contributed by atoms with Gasteiger partial charge >= 0.3 is 12.1 Å². The quantitative estimate of drug-likeness (QED) is 0.857. The predicted octanol–water partition coefficient (Wildman–Crippen LogP) is 1.69. The first-order chi connectivity index (χ1) is 10.1. The van der Waals surface area contributed by atoms with Gasteiger partial charge < -0.3 is 14.7 Å². The van der Waals surface area contributed by atoms with Gasteiger partial charge in [-0.25, -0.2) is 4.79 Å². The number of rotatable bonds is 3. The van der Waals surface area contributed by atoms with Gasteiger partial charge in [0.25, 0.3) is 0 Å². The van der Waals surface area contributed by atoms with Gasteiger partial charge in [0.1, 0.15) is 18.3 Å². The first-order valence-electron chi connectivity index (χ1n) is 6.79. The van der Waals surface area contributed by atoms with Crippen LogP contribution in [-0.4, -0.2) is 40.9 Å². The molecule has 0 saturated carbocycles. The Kier molecular flexibility index (Phi) is 4.92. The third-order valence-corrected chi connectivity index (χ3v) is 3.40. The zero-order valence-electron chi connectivity index (χ0n) is 11.5. The summed E-state index contributed by atoms with van der Waals surface area (Å²) in [6.45, 7) is 0.340. The van der Waals surface area contributed by atoms with Crippen LogP contribution < -0.4 is 0 Å². The zero-order valence-corrected chi connectivity index (χ0v) is 11.5. The molecule has 112 valence electrons. The molecule has 0 bridgehead atoms. The van der Waals surface area contributed by atoms with Crippen LogP contribution in [0.25, 0.3) is 0 Å². The fraction of sp³-hybridized carbons (Fsp3) is 0.400. The number of hydrogen-bond donors (Lipinski definition) is 1. The van der Waals surface area contributed by atoms with Gasteiger partial charge in [0, 0.05) is 19.5 Å². The minimum absolute atomic E-state index is 0.123. The molecule has 0 aromatic heterocycles. The van der Waals surface area contributed by atoms with Crippen molar-refractivity contribution in [1.29, 1.82) is 0 Å². The number of carboxylic acids is 1. The standard InChI is InChI=1S/C15H17NO5/c17-13-7-4-8-16(9-12(13)14(18)19)15(20)21-10-11-5-2-1-3-6-11/h1-3,5-6,12H,4,7-10H2,(H,18,19). The van der Waals surface area contributed by atoms with Crippen LogP contribution in [0.15, 0.2) is 30.3 Å². The molecular weight excluding hydrogens is 274 g/mol. The van der Waals surface area contributed by atoms with Crippen LogP contribution in [0.2, 0.25) is 0 Å². The maximum Gasteiger partial charge on any atom is 0.410 e. The molecule has 1 aromatic carbocycles. The third kappa shape index (κ3) is 4.05. The number of likely N-dealkylation sites (tertiary alicyclic amines) is 1. The van der Waals surface area contributed by atoms with Crippen molar-refractivity contribution in [2.45, 2.75) is 19.4 Å². The smallest absolute Gasteiger partial charge is 0.410 e. The first kappa shape index (κ1) is 15.0. The van der Waals surface area contributed by atoms with Crippen molar-refractivity contribution in [1.82, 2.24) is 4.90 Å². The van der Waals surface area contributed by atoms with Gasteiger partial charge in [-0.2, -0.15) is 0 Å². The number of aliphatic carboxylic acids is 1. The normalized spacial score (nSPS) is 19.0. The number of hydrogen-bond acceptors (Lipinski definition) is 4. The maximum absolute atomic E-state index is 12.0. The summed E-state index contributed by atoms with van der Waals surface area (Å²) in [5.74, 6) is -2.68. The lowest BCUT2D eigenvalue weighted by atomic mass is 10.0. The molecule has 21 heavy (non-hydrogen) atoms. The van der Waals surface area contributed by atoms with E-state index in [-0.39, 0.29) is 25.4 Å². The van der Waals surface area contributed by atoms with E-state index in [1.54, 1.807) is 0 Å². The zero-order chi connectivity index (χ0) is 15.2. The number of carbonyl (C=O) groups is 3. The fourth-order valence-corrected chi connectivity index (χ4v) is 2.22. The van der Waals surface area contributed by atoms with Crippen LogP contribution in [0.3, 0.4) is 0 Å². The number of ether oxygens (including phenoxy) is 1. The summed E-state index contributed by atoms with van der Waals surface area (Å²) in [5.41, 5.74) is 0.853. The van der Waals surface area contributed by atoms with Gasteiger partial charge in [-0.15, -0.1) is 0 Å².